The average Bonchev–Trinajstić information content (AvgIpc) is 2.82. The van der Waals surface area contributed by atoms with E-state index in [9.17, 15) is 14.7 Å². The van der Waals surface area contributed by atoms with Crippen LogP contribution in [0.2, 0.25) is 0 Å². The number of carboxylic acids is 1. The van der Waals surface area contributed by atoms with Gasteiger partial charge in [0, 0.05) is 0 Å². The Morgan fingerprint density at radius 1 is 1.19 bits per heavy atom. The van der Waals surface area contributed by atoms with Gasteiger partial charge in [0.15, 0.2) is 0 Å². The Labute approximate surface area is 124 Å². The molecule has 5 heteroatoms. The Hall–Kier alpha value is -2.04. The van der Waals surface area contributed by atoms with Crippen LogP contribution in [0.1, 0.15) is 45.2 Å². The van der Waals surface area contributed by atoms with Gasteiger partial charge in [-0.3, -0.25) is 4.90 Å². The van der Waals surface area contributed by atoms with E-state index in [1.54, 1.807) is 20.8 Å². The maximum Gasteiger partial charge on any atom is 0.411 e. The molecule has 0 radical (unpaired) electrons. The number of benzene rings is 1. The Kier molecular flexibility index (Phi) is 4.21. The molecule has 0 saturated carbocycles. The molecule has 0 aliphatic carbocycles. The molecule has 1 aromatic carbocycles. The zero-order chi connectivity index (χ0) is 15.6. The summed E-state index contributed by atoms with van der Waals surface area (Å²) < 4.78 is 5.38. The van der Waals surface area contributed by atoms with Crippen LogP contribution >= 0.6 is 0 Å². The van der Waals surface area contributed by atoms with E-state index in [-0.39, 0.29) is 6.04 Å². The highest BCUT2D eigenvalue weighted by molar-refractivity contribution is 5.81. The van der Waals surface area contributed by atoms with Crippen molar-refractivity contribution >= 4 is 12.1 Å². The second kappa shape index (κ2) is 5.76. The molecule has 1 N–H and O–H groups in total. The van der Waals surface area contributed by atoms with Gasteiger partial charge in [0.1, 0.15) is 11.6 Å². The van der Waals surface area contributed by atoms with Crippen LogP contribution in [0.4, 0.5) is 4.79 Å². The highest BCUT2D eigenvalue weighted by Gasteiger charge is 2.43. The molecule has 1 saturated heterocycles. The molecular weight excluding hydrogens is 270 g/mol. The first-order chi connectivity index (χ1) is 9.79. The van der Waals surface area contributed by atoms with E-state index in [1.165, 1.54) is 4.90 Å². The van der Waals surface area contributed by atoms with E-state index < -0.39 is 23.7 Å². The van der Waals surface area contributed by atoms with Gasteiger partial charge in [-0.1, -0.05) is 30.3 Å². The summed E-state index contributed by atoms with van der Waals surface area (Å²) in [6.45, 7) is 5.32. The Morgan fingerprint density at radius 2 is 1.81 bits per heavy atom. The standard InChI is InChI=1S/C16H21NO4/c1-16(2,3)21-15(20)17-12(9-10-13(17)14(18)19)11-7-5-4-6-8-11/h4-8,12-13H,9-10H2,1-3H3,(H,18,19)/t12?,13-/m1/s1. The van der Waals surface area contributed by atoms with Gasteiger partial charge in [0.05, 0.1) is 6.04 Å². The lowest BCUT2D eigenvalue weighted by Gasteiger charge is -2.31. The number of ether oxygens (including phenoxy) is 1. The van der Waals surface area contributed by atoms with Gasteiger partial charge in [0.25, 0.3) is 0 Å². The third-order valence-corrected chi connectivity index (χ3v) is 3.46. The van der Waals surface area contributed by atoms with Crippen LogP contribution in [-0.2, 0) is 9.53 Å². The second-order valence-corrected chi connectivity index (χ2v) is 6.25. The first kappa shape index (κ1) is 15.4. The number of carbonyl (C=O) groups excluding carboxylic acids is 1. The van der Waals surface area contributed by atoms with E-state index in [2.05, 4.69) is 0 Å². The van der Waals surface area contributed by atoms with E-state index in [1.807, 2.05) is 30.3 Å². The summed E-state index contributed by atoms with van der Waals surface area (Å²) >= 11 is 0. The first-order valence-corrected chi connectivity index (χ1v) is 7.08. The molecule has 2 rings (SSSR count). The predicted molar refractivity (Wildman–Crippen MR) is 77.9 cm³/mol. The predicted octanol–water partition coefficient (Wildman–Crippen LogP) is 3.21. The van der Waals surface area contributed by atoms with Gasteiger partial charge in [-0.2, -0.15) is 0 Å². The molecule has 1 fully saturated rings. The number of likely N-dealkylation sites (tertiary alicyclic amines) is 1. The lowest BCUT2D eigenvalue weighted by atomic mass is 10.1. The van der Waals surface area contributed by atoms with Crippen molar-refractivity contribution in [2.45, 2.75) is 51.3 Å². The molecule has 21 heavy (non-hydrogen) atoms. The monoisotopic (exact) mass is 291 g/mol. The SMILES string of the molecule is CC(C)(C)OC(=O)N1C(c2ccccc2)CC[C@@H]1C(=O)O. The fourth-order valence-corrected chi connectivity index (χ4v) is 2.63. The van der Waals surface area contributed by atoms with Crippen LogP contribution < -0.4 is 0 Å². The summed E-state index contributed by atoms with van der Waals surface area (Å²) in [6.07, 6.45) is 0.496. The van der Waals surface area contributed by atoms with E-state index in [0.717, 1.165) is 5.56 Å². The average molecular weight is 291 g/mol. The number of nitrogens with zero attached hydrogens (tertiary/aromatic N) is 1. The van der Waals surface area contributed by atoms with Gasteiger partial charge in [0.2, 0.25) is 0 Å². The van der Waals surface area contributed by atoms with Gasteiger partial charge in [-0.25, -0.2) is 9.59 Å². The molecule has 1 heterocycles. The Balaban J connectivity index is 2.29. The van der Waals surface area contributed by atoms with E-state index in [0.29, 0.717) is 12.8 Å². The smallest absolute Gasteiger partial charge is 0.411 e. The van der Waals surface area contributed by atoms with Crippen LogP contribution in [0.5, 0.6) is 0 Å². The number of rotatable bonds is 2. The number of hydrogen-bond donors (Lipinski definition) is 1. The topological polar surface area (TPSA) is 66.8 Å². The summed E-state index contributed by atoms with van der Waals surface area (Å²) in [7, 11) is 0. The first-order valence-electron chi connectivity index (χ1n) is 7.08. The van der Waals surface area contributed by atoms with Crippen molar-refractivity contribution in [3.63, 3.8) is 0 Å². The Bertz CT molecular complexity index is 521. The zero-order valence-electron chi connectivity index (χ0n) is 12.6. The molecule has 1 aromatic rings. The Morgan fingerprint density at radius 3 is 2.33 bits per heavy atom. The quantitative estimate of drug-likeness (QED) is 0.908. The molecule has 2 atom stereocenters. The van der Waals surface area contributed by atoms with Crippen LogP contribution in [0.3, 0.4) is 0 Å². The van der Waals surface area contributed by atoms with E-state index in [4.69, 9.17) is 4.74 Å². The van der Waals surface area contributed by atoms with Gasteiger partial charge < -0.3 is 9.84 Å². The zero-order valence-corrected chi connectivity index (χ0v) is 12.6. The number of amides is 1. The summed E-state index contributed by atoms with van der Waals surface area (Å²) in [5.41, 5.74) is 0.288. The van der Waals surface area contributed by atoms with E-state index >= 15 is 0 Å². The largest absolute Gasteiger partial charge is 0.480 e. The number of hydrogen-bond acceptors (Lipinski definition) is 3. The molecule has 1 unspecified atom stereocenters. The maximum atomic E-state index is 12.4. The van der Waals surface area contributed by atoms with Crippen molar-refractivity contribution in [3.05, 3.63) is 35.9 Å². The number of carbonyl (C=O) groups is 2. The van der Waals surface area contributed by atoms with Crippen LogP contribution in [0, 0.1) is 0 Å². The molecular formula is C16H21NO4. The minimum Gasteiger partial charge on any atom is -0.480 e. The third-order valence-electron chi connectivity index (χ3n) is 3.46. The summed E-state index contributed by atoms with van der Waals surface area (Å²) in [4.78, 5) is 25.2. The van der Waals surface area contributed by atoms with Crippen molar-refractivity contribution < 1.29 is 19.4 Å². The molecule has 1 aliphatic heterocycles. The molecule has 5 nitrogen and oxygen atoms in total. The lowest BCUT2D eigenvalue weighted by molar-refractivity contribution is -0.142. The van der Waals surface area contributed by atoms with Gasteiger partial charge in [-0.05, 0) is 39.2 Å². The van der Waals surface area contributed by atoms with Crippen molar-refractivity contribution in [1.29, 1.82) is 0 Å². The molecule has 1 amide bonds. The molecule has 0 aromatic heterocycles. The van der Waals surface area contributed by atoms with Crippen molar-refractivity contribution in [1.82, 2.24) is 4.90 Å². The van der Waals surface area contributed by atoms with Gasteiger partial charge in [-0.15, -0.1) is 0 Å². The van der Waals surface area contributed by atoms with Gasteiger partial charge >= 0.3 is 12.1 Å². The minimum atomic E-state index is -0.987. The van der Waals surface area contributed by atoms with Crippen molar-refractivity contribution in [2.24, 2.45) is 0 Å². The maximum absolute atomic E-state index is 12.4. The molecule has 0 bridgehead atoms. The lowest BCUT2D eigenvalue weighted by Crippen LogP contribution is -2.44. The molecule has 1 aliphatic rings. The van der Waals surface area contributed by atoms with Crippen LogP contribution in [-0.4, -0.2) is 33.7 Å². The third kappa shape index (κ3) is 3.54. The highest BCUT2D eigenvalue weighted by atomic mass is 16.6. The fourth-order valence-electron chi connectivity index (χ4n) is 2.63. The summed E-state index contributed by atoms with van der Waals surface area (Å²) in [5, 5.41) is 9.35. The van der Waals surface area contributed by atoms with Crippen LogP contribution in [0.25, 0.3) is 0 Å². The fraction of sp³-hybridized carbons (Fsp3) is 0.500. The molecule has 0 spiro atoms. The van der Waals surface area contributed by atoms with Crippen LogP contribution in [0.15, 0.2) is 30.3 Å². The number of aliphatic carboxylic acids is 1. The molecule has 114 valence electrons. The summed E-state index contributed by atoms with van der Waals surface area (Å²) in [6, 6.07) is 8.41. The summed E-state index contributed by atoms with van der Waals surface area (Å²) in [5.74, 6) is -0.987. The highest BCUT2D eigenvalue weighted by Crippen LogP contribution is 2.37. The minimum absolute atomic E-state index is 0.248. The number of carboxylic acid groups (broad SMARTS) is 1. The van der Waals surface area contributed by atoms with Crippen molar-refractivity contribution in [2.75, 3.05) is 0 Å². The van der Waals surface area contributed by atoms with Crippen molar-refractivity contribution in [3.8, 4) is 0 Å². The second-order valence-electron chi connectivity index (χ2n) is 6.25. The normalized spacial score (nSPS) is 22.1.